The van der Waals surface area contributed by atoms with Crippen molar-refractivity contribution >= 4 is 0 Å². The van der Waals surface area contributed by atoms with Crippen LogP contribution in [-0.2, 0) is 0 Å². The predicted octanol–water partition coefficient (Wildman–Crippen LogP) is 5.14. The van der Waals surface area contributed by atoms with E-state index in [4.69, 9.17) is 0 Å². The van der Waals surface area contributed by atoms with Gasteiger partial charge in [-0.25, -0.2) is 0 Å². The van der Waals surface area contributed by atoms with Crippen molar-refractivity contribution in [2.24, 2.45) is 0 Å². The molecule has 0 bridgehead atoms. The van der Waals surface area contributed by atoms with Crippen LogP contribution in [-0.4, -0.2) is 34.7 Å². The summed E-state index contributed by atoms with van der Waals surface area (Å²) >= 11 is 0. The number of hydrogen-bond donors (Lipinski definition) is 1. The van der Waals surface area contributed by atoms with E-state index < -0.39 is 0 Å². The molecule has 0 aliphatic carbocycles. The van der Waals surface area contributed by atoms with Crippen LogP contribution in [0.2, 0.25) is 0 Å². The van der Waals surface area contributed by atoms with Gasteiger partial charge in [0.25, 0.3) is 0 Å². The van der Waals surface area contributed by atoms with Gasteiger partial charge in [-0.2, -0.15) is 0 Å². The van der Waals surface area contributed by atoms with Gasteiger partial charge in [0.2, 0.25) is 0 Å². The Balaban J connectivity index is 2.54. The van der Waals surface area contributed by atoms with Crippen LogP contribution in [0, 0.1) is 0 Å². The summed E-state index contributed by atoms with van der Waals surface area (Å²) in [4.78, 5) is 2.66. The van der Waals surface area contributed by atoms with Crippen molar-refractivity contribution < 1.29 is 5.11 Å². The minimum Gasteiger partial charge on any atom is -0.395 e. The standard InChI is InChI=1S/C19H39NO/c1-4-6-8-10-14-19(3,15-11-9-7-5-2)20-16-12-13-18(20)17-21/h18,21H,4-17H2,1-3H3. The molecule has 0 amide bonds. The fourth-order valence-electron chi connectivity index (χ4n) is 4.01. The number of aliphatic hydroxyl groups excluding tert-OH is 1. The molecule has 0 aromatic carbocycles. The van der Waals surface area contributed by atoms with Gasteiger partial charge in [0.05, 0.1) is 6.61 Å². The quantitative estimate of drug-likeness (QED) is 0.504. The summed E-state index contributed by atoms with van der Waals surface area (Å²) in [5.41, 5.74) is 0.325. The normalized spacial score (nSPS) is 20.3. The van der Waals surface area contributed by atoms with Crippen molar-refractivity contribution in [3.63, 3.8) is 0 Å². The molecule has 1 aliphatic rings. The maximum Gasteiger partial charge on any atom is 0.0587 e. The van der Waals surface area contributed by atoms with Crippen LogP contribution in [0.5, 0.6) is 0 Å². The van der Waals surface area contributed by atoms with Crippen molar-refractivity contribution in [1.82, 2.24) is 4.90 Å². The highest BCUT2D eigenvalue weighted by molar-refractivity contribution is 4.93. The smallest absolute Gasteiger partial charge is 0.0587 e. The van der Waals surface area contributed by atoms with Crippen LogP contribution < -0.4 is 0 Å². The van der Waals surface area contributed by atoms with E-state index in [2.05, 4.69) is 25.7 Å². The fraction of sp³-hybridized carbons (Fsp3) is 1.00. The summed E-state index contributed by atoms with van der Waals surface area (Å²) in [6.45, 7) is 8.58. The zero-order valence-corrected chi connectivity index (χ0v) is 14.9. The highest BCUT2D eigenvalue weighted by Gasteiger charge is 2.37. The molecule has 0 aromatic rings. The van der Waals surface area contributed by atoms with Gasteiger partial charge < -0.3 is 5.11 Å². The Labute approximate surface area is 133 Å². The molecule has 2 nitrogen and oxygen atoms in total. The molecule has 1 saturated heterocycles. The molecule has 0 saturated carbocycles. The third-order valence-corrected chi connectivity index (χ3v) is 5.42. The van der Waals surface area contributed by atoms with E-state index in [1.54, 1.807) is 0 Å². The Morgan fingerprint density at radius 3 is 2.00 bits per heavy atom. The zero-order chi connectivity index (χ0) is 15.6. The van der Waals surface area contributed by atoms with E-state index >= 15 is 0 Å². The molecule has 0 aromatic heterocycles. The van der Waals surface area contributed by atoms with Gasteiger partial charge in [0.1, 0.15) is 0 Å². The second-order valence-electron chi connectivity index (χ2n) is 7.29. The molecule has 1 unspecified atom stereocenters. The minimum atomic E-state index is 0.325. The summed E-state index contributed by atoms with van der Waals surface area (Å²) < 4.78 is 0. The number of unbranched alkanes of at least 4 members (excludes halogenated alkanes) is 6. The van der Waals surface area contributed by atoms with Crippen LogP contribution in [0.15, 0.2) is 0 Å². The van der Waals surface area contributed by atoms with E-state index in [-0.39, 0.29) is 0 Å². The van der Waals surface area contributed by atoms with E-state index in [1.165, 1.54) is 83.6 Å². The van der Waals surface area contributed by atoms with E-state index in [0.717, 1.165) is 0 Å². The number of rotatable bonds is 12. The number of aliphatic hydroxyl groups is 1. The van der Waals surface area contributed by atoms with Crippen LogP contribution >= 0.6 is 0 Å². The third-order valence-electron chi connectivity index (χ3n) is 5.42. The van der Waals surface area contributed by atoms with Gasteiger partial charge in [-0.1, -0.05) is 65.2 Å². The largest absolute Gasteiger partial charge is 0.395 e. The van der Waals surface area contributed by atoms with Gasteiger partial charge in [0.15, 0.2) is 0 Å². The Kier molecular flexibility index (Phi) is 9.59. The number of hydrogen-bond acceptors (Lipinski definition) is 2. The molecule has 21 heavy (non-hydrogen) atoms. The minimum absolute atomic E-state index is 0.325. The number of likely N-dealkylation sites (tertiary alicyclic amines) is 1. The Morgan fingerprint density at radius 1 is 0.952 bits per heavy atom. The second kappa shape index (κ2) is 10.6. The maximum absolute atomic E-state index is 9.68. The first-order valence-corrected chi connectivity index (χ1v) is 9.55. The van der Waals surface area contributed by atoms with Gasteiger partial charge in [-0.3, -0.25) is 4.90 Å². The van der Waals surface area contributed by atoms with Crippen molar-refractivity contribution in [3.8, 4) is 0 Å². The van der Waals surface area contributed by atoms with Gasteiger partial charge in [0, 0.05) is 11.6 Å². The molecule has 1 atom stereocenters. The molecule has 1 fully saturated rings. The van der Waals surface area contributed by atoms with Crippen molar-refractivity contribution in [1.29, 1.82) is 0 Å². The monoisotopic (exact) mass is 297 g/mol. The maximum atomic E-state index is 9.68. The SMILES string of the molecule is CCCCCCC(C)(CCCCCC)N1CCCC1CO. The lowest BCUT2D eigenvalue weighted by molar-refractivity contribution is 0.0410. The average Bonchev–Trinajstić information content (AvgIpc) is 2.97. The number of nitrogens with zero attached hydrogens (tertiary/aromatic N) is 1. The summed E-state index contributed by atoms with van der Waals surface area (Å²) in [5, 5.41) is 9.68. The van der Waals surface area contributed by atoms with E-state index in [0.29, 0.717) is 18.2 Å². The molecule has 1 heterocycles. The first kappa shape index (κ1) is 19.0. The molecule has 1 aliphatic heterocycles. The summed E-state index contributed by atoms with van der Waals surface area (Å²) in [5.74, 6) is 0. The average molecular weight is 298 g/mol. The first-order chi connectivity index (χ1) is 10.2. The summed E-state index contributed by atoms with van der Waals surface area (Å²) in [7, 11) is 0. The topological polar surface area (TPSA) is 23.5 Å². The Morgan fingerprint density at radius 2 is 1.52 bits per heavy atom. The summed E-state index contributed by atoms with van der Waals surface area (Å²) in [6.07, 6.45) is 15.9. The highest BCUT2D eigenvalue weighted by Crippen LogP contribution is 2.35. The first-order valence-electron chi connectivity index (χ1n) is 9.55. The summed E-state index contributed by atoms with van der Waals surface area (Å²) in [6, 6.07) is 0.423. The molecular formula is C19H39NO. The highest BCUT2D eigenvalue weighted by atomic mass is 16.3. The molecule has 0 radical (unpaired) electrons. The van der Waals surface area contributed by atoms with Gasteiger partial charge in [-0.05, 0) is 39.2 Å². The zero-order valence-electron chi connectivity index (χ0n) is 14.9. The lowest BCUT2D eigenvalue weighted by atomic mass is 9.86. The molecule has 126 valence electrons. The lowest BCUT2D eigenvalue weighted by Gasteiger charge is -2.43. The van der Waals surface area contributed by atoms with Gasteiger partial charge in [-0.15, -0.1) is 0 Å². The Bertz CT molecular complexity index is 242. The molecular weight excluding hydrogens is 258 g/mol. The van der Waals surface area contributed by atoms with Crippen LogP contribution in [0.25, 0.3) is 0 Å². The van der Waals surface area contributed by atoms with Crippen molar-refractivity contribution in [2.75, 3.05) is 13.2 Å². The van der Waals surface area contributed by atoms with E-state index in [9.17, 15) is 5.11 Å². The van der Waals surface area contributed by atoms with E-state index in [1.807, 2.05) is 0 Å². The molecule has 2 heteroatoms. The Hall–Kier alpha value is -0.0800. The van der Waals surface area contributed by atoms with Gasteiger partial charge >= 0.3 is 0 Å². The van der Waals surface area contributed by atoms with Crippen molar-refractivity contribution in [2.45, 2.75) is 109 Å². The fourth-order valence-corrected chi connectivity index (χ4v) is 4.01. The second-order valence-corrected chi connectivity index (χ2v) is 7.29. The van der Waals surface area contributed by atoms with Crippen LogP contribution in [0.3, 0.4) is 0 Å². The van der Waals surface area contributed by atoms with Crippen LogP contribution in [0.1, 0.15) is 97.8 Å². The molecule has 1 rings (SSSR count). The van der Waals surface area contributed by atoms with Crippen LogP contribution in [0.4, 0.5) is 0 Å². The molecule has 0 spiro atoms. The van der Waals surface area contributed by atoms with Crippen molar-refractivity contribution in [3.05, 3.63) is 0 Å². The lowest BCUT2D eigenvalue weighted by Crippen LogP contribution is -2.50. The predicted molar refractivity (Wildman–Crippen MR) is 92.7 cm³/mol. The third kappa shape index (κ3) is 6.28. The molecule has 1 N–H and O–H groups in total.